The number of fused-ring (bicyclic) bond motifs is 1. The van der Waals surface area contributed by atoms with Gasteiger partial charge < -0.3 is 19.9 Å². The Morgan fingerprint density at radius 1 is 1.14 bits per heavy atom. The molecule has 0 fully saturated rings. The fourth-order valence-electron chi connectivity index (χ4n) is 3.55. The summed E-state index contributed by atoms with van der Waals surface area (Å²) in [7, 11) is -3.37. The van der Waals surface area contributed by atoms with Crippen LogP contribution in [0.25, 0.3) is 11.0 Å². The highest BCUT2D eigenvalue weighted by atomic mass is 35.5. The zero-order valence-corrected chi connectivity index (χ0v) is 20.7. The fraction of sp³-hybridized carbons (Fsp3) is 0.208. The van der Waals surface area contributed by atoms with Gasteiger partial charge in [-0.05, 0) is 55.0 Å². The monoisotopic (exact) mass is 513 g/mol. The molecule has 0 radical (unpaired) electrons. The Morgan fingerprint density at radius 3 is 2.71 bits per heavy atom. The predicted octanol–water partition coefficient (Wildman–Crippen LogP) is 4.09. The van der Waals surface area contributed by atoms with E-state index in [1.54, 1.807) is 12.1 Å². The summed E-state index contributed by atoms with van der Waals surface area (Å²) >= 11 is 6.04. The molecule has 0 aliphatic rings. The van der Waals surface area contributed by atoms with Crippen molar-refractivity contribution >= 4 is 49.9 Å². The molecule has 0 saturated heterocycles. The molecule has 0 spiro atoms. The van der Waals surface area contributed by atoms with E-state index in [1.165, 1.54) is 6.33 Å². The van der Waals surface area contributed by atoms with Crippen LogP contribution < -0.4 is 15.4 Å². The van der Waals surface area contributed by atoms with Gasteiger partial charge in [0.25, 0.3) is 0 Å². The number of aryl methyl sites for hydroxylation is 1. The van der Waals surface area contributed by atoms with Gasteiger partial charge in [-0.15, -0.1) is 0 Å². The van der Waals surface area contributed by atoms with Crippen LogP contribution >= 0.6 is 11.6 Å². The number of halogens is 1. The van der Waals surface area contributed by atoms with Crippen LogP contribution in [0.4, 0.5) is 11.5 Å². The van der Waals surface area contributed by atoms with Gasteiger partial charge in [0.15, 0.2) is 15.7 Å². The highest BCUT2D eigenvalue weighted by Gasteiger charge is 2.13. The minimum Gasteiger partial charge on any atom is -0.457 e. The molecule has 2 N–H and O–H groups in total. The number of amides is 1. The zero-order valence-electron chi connectivity index (χ0n) is 19.2. The molecule has 1 amide bonds. The lowest BCUT2D eigenvalue weighted by Gasteiger charge is -2.13. The molecule has 11 heteroatoms. The highest BCUT2D eigenvalue weighted by molar-refractivity contribution is 7.91. The molecule has 0 saturated carbocycles. The lowest BCUT2D eigenvalue weighted by Crippen LogP contribution is -2.32. The SMILES string of the molecule is Cc1cc(Nc2ncnc3ccn(CCNC(=O)CS(C)(=O)=O)c23)ccc1Oc1cccc(Cl)c1. The van der Waals surface area contributed by atoms with Crippen molar-refractivity contribution in [3.8, 4) is 11.5 Å². The number of hydrogen-bond acceptors (Lipinski definition) is 7. The van der Waals surface area contributed by atoms with Crippen LogP contribution in [-0.2, 0) is 21.2 Å². The van der Waals surface area contributed by atoms with E-state index < -0.39 is 21.5 Å². The molecule has 2 heterocycles. The van der Waals surface area contributed by atoms with E-state index in [-0.39, 0.29) is 6.54 Å². The Kier molecular flexibility index (Phi) is 7.23. The van der Waals surface area contributed by atoms with Crippen molar-refractivity contribution in [3.63, 3.8) is 0 Å². The van der Waals surface area contributed by atoms with Crippen molar-refractivity contribution in [2.24, 2.45) is 0 Å². The smallest absolute Gasteiger partial charge is 0.235 e. The summed E-state index contributed by atoms with van der Waals surface area (Å²) in [6, 6.07) is 14.8. The molecule has 4 rings (SSSR count). The topological polar surface area (TPSA) is 115 Å². The van der Waals surface area contributed by atoms with Crippen molar-refractivity contribution < 1.29 is 17.9 Å². The van der Waals surface area contributed by atoms with Gasteiger partial charge in [0.1, 0.15) is 29.1 Å². The largest absolute Gasteiger partial charge is 0.457 e. The summed E-state index contributed by atoms with van der Waals surface area (Å²) in [5, 5.41) is 6.56. The quantitative estimate of drug-likeness (QED) is 0.346. The third-order valence-electron chi connectivity index (χ3n) is 5.08. The summed E-state index contributed by atoms with van der Waals surface area (Å²) in [5.74, 6) is 0.893. The number of hydrogen-bond donors (Lipinski definition) is 2. The first-order chi connectivity index (χ1) is 16.7. The number of rotatable bonds is 9. The Morgan fingerprint density at radius 2 is 1.97 bits per heavy atom. The number of aromatic nitrogens is 3. The molecule has 0 bridgehead atoms. The van der Waals surface area contributed by atoms with Gasteiger partial charge in [-0.25, -0.2) is 18.4 Å². The Labute approximate surface area is 208 Å². The minimum atomic E-state index is -3.37. The molecule has 0 aliphatic carbocycles. The summed E-state index contributed by atoms with van der Waals surface area (Å²) in [5.41, 5.74) is 3.24. The number of anilines is 2. The second-order valence-electron chi connectivity index (χ2n) is 8.05. The van der Waals surface area contributed by atoms with E-state index in [4.69, 9.17) is 16.3 Å². The number of sulfone groups is 1. The lowest BCUT2D eigenvalue weighted by atomic mass is 10.2. The van der Waals surface area contributed by atoms with E-state index in [0.29, 0.717) is 28.9 Å². The molecule has 9 nitrogen and oxygen atoms in total. The first-order valence-electron chi connectivity index (χ1n) is 10.7. The van der Waals surface area contributed by atoms with Crippen LogP contribution in [0.2, 0.25) is 5.02 Å². The van der Waals surface area contributed by atoms with Gasteiger partial charge >= 0.3 is 0 Å². The van der Waals surface area contributed by atoms with Gasteiger partial charge in [0.2, 0.25) is 5.91 Å². The average molecular weight is 514 g/mol. The van der Waals surface area contributed by atoms with E-state index in [0.717, 1.165) is 28.5 Å². The van der Waals surface area contributed by atoms with Gasteiger partial charge in [0, 0.05) is 36.3 Å². The summed E-state index contributed by atoms with van der Waals surface area (Å²) in [6.07, 6.45) is 4.35. The van der Waals surface area contributed by atoms with E-state index >= 15 is 0 Å². The highest BCUT2D eigenvalue weighted by Crippen LogP contribution is 2.30. The van der Waals surface area contributed by atoms with Crippen molar-refractivity contribution in [3.05, 3.63) is 71.6 Å². The Balaban J connectivity index is 1.49. The number of nitrogens with one attached hydrogen (secondary N) is 2. The van der Waals surface area contributed by atoms with Gasteiger partial charge in [0.05, 0.1) is 5.52 Å². The van der Waals surface area contributed by atoms with Crippen LogP contribution in [0.15, 0.2) is 61.1 Å². The van der Waals surface area contributed by atoms with Gasteiger partial charge in [-0.3, -0.25) is 4.79 Å². The van der Waals surface area contributed by atoms with E-state index in [2.05, 4.69) is 20.6 Å². The third-order valence-corrected chi connectivity index (χ3v) is 6.10. The predicted molar refractivity (Wildman–Crippen MR) is 136 cm³/mol. The maximum atomic E-state index is 11.8. The second-order valence-corrected chi connectivity index (χ2v) is 10.6. The van der Waals surface area contributed by atoms with Gasteiger partial charge in [-0.2, -0.15) is 0 Å². The standard InChI is InChI=1S/C24H24ClN5O4S/c1-16-12-18(6-7-21(16)34-19-5-3-4-17(25)13-19)29-24-23-20(27-15-28-24)8-10-30(23)11-9-26-22(31)14-35(2,32)33/h3-8,10,12-13,15H,9,11,14H2,1-2H3,(H,26,31)(H,27,28,29). The normalized spacial score (nSPS) is 11.4. The first kappa shape index (κ1) is 24.5. The van der Waals surface area contributed by atoms with Crippen LogP contribution in [0.1, 0.15) is 5.56 Å². The van der Waals surface area contributed by atoms with Crippen LogP contribution in [-0.4, -0.2) is 47.4 Å². The minimum absolute atomic E-state index is 0.265. The van der Waals surface area contributed by atoms with Crippen molar-refractivity contribution in [1.29, 1.82) is 0 Å². The number of ether oxygens (including phenoxy) is 1. The molecule has 4 aromatic rings. The summed E-state index contributed by atoms with van der Waals surface area (Å²) in [4.78, 5) is 20.5. The molecule has 0 atom stereocenters. The third kappa shape index (κ3) is 6.49. The fourth-order valence-corrected chi connectivity index (χ4v) is 4.31. The number of carbonyl (C=O) groups excluding carboxylic acids is 1. The maximum Gasteiger partial charge on any atom is 0.235 e. The van der Waals surface area contributed by atoms with Crippen LogP contribution in [0.5, 0.6) is 11.5 Å². The molecule has 0 aliphatic heterocycles. The maximum absolute atomic E-state index is 11.8. The Hall–Kier alpha value is -3.63. The van der Waals surface area contributed by atoms with Gasteiger partial charge in [-0.1, -0.05) is 17.7 Å². The number of carbonyl (C=O) groups is 1. The average Bonchev–Trinajstić information content (AvgIpc) is 3.19. The molecule has 2 aromatic carbocycles. The number of nitrogens with zero attached hydrogens (tertiary/aromatic N) is 3. The molecule has 0 unspecified atom stereocenters. The Bertz CT molecular complexity index is 1490. The van der Waals surface area contributed by atoms with E-state index in [9.17, 15) is 13.2 Å². The summed E-state index contributed by atoms with van der Waals surface area (Å²) < 4.78 is 30.4. The van der Waals surface area contributed by atoms with Crippen molar-refractivity contribution in [2.75, 3.05) is 23.9 Å². The molecular formula is C24H24ClN5O4S. The van der Waals surface area contributed by atoms with Crippen LogP contribution in [0.3, 0.4) is 0 Å². The molecular weight excluding hydrogens is 490 g/mol. The summed E-state index contributed by atoms with van der Waals surface area (Å²) in [6.45, 7) is 2.64. The van der Waals surface area contributed by atoms with E-state index in [1.807, 2.05) is 54.1 Å². The first-order valence-corrected chi connectivity index (χ1v) is 13.2. The van der Waals surface area contributed by atoms with Crippen LogP contribution in [0, 0.1) is 6.92 Å². The number of benzene rings is 2. The molecule has 2 aromatic heterocycles. The molecule has 182 valence electrons. The zero-order chi connectivity index (χ0) is 25.0. The molecule has 35 heavy (non-hydrogen) atoms. The van der Waals surface area contributed by atoms with Crippen molar-refractivity contribution in [1.82, 2.24) is 19.9 Å². The lowest BCUT2D eigenvalue weighted by molar-refractivity contribution is -0.118. The van der Waals surface area contributed by atoms with Crippen molar-refractivity contribution in [2.45, 2.75) is 13.5 Å². The second kappa shape index (κ2) is 10.3.